The maximum atomic E-state index is 12.3. The molecule has 3 aromatic heterocycles. The van der Waals surface area contributed by atoms with Crippen molar-refractivity contribution in [3.63, 3.8) is 0 Å². The van der Waals surface area contributed by atoms with Gasteiger partial charge in [0.1, 0.15) is 11.8 Å². The number of aryl methyl sites for hydroxylation is 1. The van der Waals surface area contributed by atoms with Gasteiger partial charge in [0, 0.05) is 6.54 Å². The third-order valence-electron chi connectivity index (χ3n) is 2.71. The Morgan fingerprint density at radius 3 is 2.80 bits per heavy atom. The van der Waals surface area contributed by atoms with Gasteiger partial charge in [-0.05, 0) is 15.9 Å². The number of hydrogen-bond donors (Lipinski definition) is 1. The number of alkyl halides is 3. The molecule has 0 saturated carbocycles. The van der Waals surface area contributed by atoms with Crippen LogP contribution in [0.25, 0.3) is 16.8 Å². The Hall–Kier alpha value is -1.91. The highest BCUT2D eigenvalue weighted by molar-refractivity contribution is 9.10. The van der Waals surface area contributed by atoms with Gasteiger partial charge in [-0.25, -0.2) is 14.8 Å². The molecular weight excluding hydrogens is 345 g/mol. The van der Waals surface area contributed by atoms with E-state index in [1.807, 2.05) is 0 Å². The van der Waals surface area contributed by atoms with E-state index in [0.717, 1.165) is 15.4 Å². The second kappa shape index (κ2) is 4.30. The molecule has 106 valence electrons. The average Bonchev–Trinajstić information content (AvgIpc) is 2.93. The molecule has 0 bridgehead atoms. The standard InChI is InChI=1S/C9H6BrF3N6O/c10-7-16-4-5-14-3-15-19(5)8(20)18(6(4)17-7)2-1-9(11,12)13/h3H,1-2H2,(H,16,17). The first-order valence-corrected chi connectivity index (χ1v) is 6.20. The summed E-state index contributed by atoms with van der Waals surface area (Å²) in [7, 11) is 0. The number of rotatable bonds is 2. The van der Waals surface area contributed by atoms with Crippen LogP contribution < -0.4 is 5.69 Å². The van der Waals surface area contributed by atoms with Crippen molar-refractivity contribution in [1.29, 1.82) is 0 Å². The molecule has 0 radical (unpaired) electrons. The van der Waals surface area contributed by atoms with Crippen molar-refractivity contribution in [2.45, 2.75) is 19.1 Å². The number of fused-ring (bicyclic) bond motifs is 3. The minimum Gasteiger partial charge on any atom is -0.328 e. The molecule has 0 aliphatic heterocycles. The summed E-state index contributed by atoms with van der Waals surface area (Å²) in [5.74, 6) is 0. The van der Waals surface area contributed by atoms with Gasteiger partial charge in [-0.1, -0.05) is 0 Å². The molecule has 7 nitrogen and oxygen atoms in total. The minimum atomic E-state index is -4.36. The number of nitrogens with zero attached hydrogens (tertiary/aromatic N) is 5. The Morgan fingerprint density at radius 2 is 2.10 bits per heavy atom. The highest BCUT2D eigenvalue weighted by Gasteiger charge is 2.28. The zero-order valence-electron chi connectivity index (χ0n) is 9.65. The second-order valence-electron chi connectivity index (χ2n) is 4.02. The Bertz CT molecular complexity index is 847. The first-order chi connectivity index (χ1) is 9.37. The van der Waals surface area contributed by atoms with Crippen molar-refractivity contribution in [2.24, 2.45) is 0 Å². The Labute approximate surface area is 116 Å². The van der Waals surface area contributed by atoms with Gasteiger partial charge in [0.25, 0.3) is 0 Å². The predicted molar refractivity (Wildman–Crippen MR) is 65.3 cm³/mol. The molecule has 0 aromatic carbocycles. The molecule has 0 saturated heterocycles. The molecule has 3 rings (SSSR count). The van der Waals surface area contributed by atoms with E-state index in [9.17, 15) is 18.0 Å². The predicted octanol–water partition coefficient (Wildman–Crippen LogP) is 1.48. The van der Waals surface area contributed by atoms with Gasteiger partial charge in [-0.15, -0.1) is 0 Å². The molecule has 0 atom stereocenters. The van der Waals surface area contributed by atoms with E-state index in [1.165, 1.54) is 0 Å². The SMILES string of the molecule is O=c1n(CCC(F)(F)F)c2nc(Br)[nH]c2c2ncnn12. The normalized spacial score (nSPS) is 12.6. The molecular formula is C9H6BrF3N6O. The van der Waals surface area contributed by atoms with Crippen LogP contribution in [0.3, 0.4) is 0 Å². The summed E-state index contributed by atoms with van der Waals surface area (Å²) >= 11 is 3.09. The van der Waals surface area contributed by atoms with Gasteiger partial charge in [-0.3, -0.25) is 4.57 Å². The van der Waals surface area contributed by atoms with Crippen LogP contribution in [0.4, 0.5) is 13.2 Å². The molecule has 11 heteroatoms. The summed E-state index contributed by atoms with van der Waals surface area (Å²) in [6.45, 7) is -0.536. The van der Waals surface area contributed by atoms with Gasteiger partial charge in [0.2, 0.25) is 0 Å². The molecule has 0 spiro atoms. The third kappa shape index (κ3) is 2.07. The van der Waals surface area contributed by atoms with Crippen LogP contribution in [0.2, 0.25) is 0 Å². The van der Waals surface area contributed by atoms with Crippen LogP contribution in [0.15, 0.2) is 15.9 Å². The van der Waals surface area contributed by atoms with Gasteiger partial charge in [-0.2, -0.15) is 22.8 Å². The largest absolute Gasteiger partial charge is 0.390 e. The Kier molecular flexibility index (Phi) is 2.81. The fraction of sp³-hybridized carbons (Fsp3) is 0.333. The third-order valence-corrected chi connectivity index (χ3v) is 3.09. The highest BCUT2D eigenvalue weighted by Crippen LogP contribution is 2.22. The minimum absolute atomic E-state index is 0.103. The van der Waals surface area contributed by atoms with Gasteiger partial charge in [0.05, 0.1) is 6.42 Å². The lowest BCUT2D eigenvalue weighted by molar-refractivity contribution is -0.136. The van der Waals surface area contributed by atoms with E-state index < -0.39 is 24.8 Å². The number of H-pyrrole nitrogens is 1. The van der Waals surface area contributed by atoms with E-state index in [0.29, 0.717) is 10.3 Å². The van der Waals surface area contributed by atoms with Crippen LogP contribution in [0.1, 0.15) is 6.42 Å². The highest BCUT2D eigenvalue weighted by atomic mass is 79.9. The topological polar surface area (TPSA) is 80.9 Å². The average molecular weight is 351 g/mol. The lowest BCUT2D eigenvalue weighted by atomic mass is 10.4. The second-order valence-corrected chi connectivity index (χ2v) is 4.77. The molecule has 20 heavy (non-hydrogen) atoms. The summed E-state index contributed by atoms with van der Waals surface area (Å²) in [6.07, 6.45) is -4.34. The van der Waals surface area contributed by atoms with E-state index in [2.05, 4.69) is 36.0 Å². The lowest BCUT2D eigenvalue weighted by Gasteiger charge is -2.09. The summed E-state index contributed by atoms with van der Waals surface area (Å²) in [5.41, 5.74) is -0.0533. The molecule has 0 unspecified atom stereocenters. The van der Waals surface area contributed by atoms with Crippen molar-refractivity contribution in [1.82, 2.24) is 29.1 Å². The first kappa shape index (κ1) is 13.1. The van der Waals surface area contributed by atoms with E-state index in [4.69, 9.17) is 0 Å². The summed E-state index contributed by atoms with van der Waals surface area (Å²) in [4.78, 5) is 22.8. The van der Waals surface area contributed by atoms with Gasteiger partial charge in [0.15, 0.2) is 16.0 Å². The van der Waals surface area contributed by atoms with Crippen LogP contribution in [0.5, 0.6) is 0 Å². The van der Waals surface area contributed by atoms with Crippen molar-refractivity contribution in [2.75, 3.05) is 0 Å². The van der Waals surface area contributed by atoms with E-state index >= 15 is 0 Å². The van der Waals surface area contributed by atoms with E-state index in [1.54, 1.807) is 0 Å². The maximum absolute atomic E-state index is 12.3. The summed E-state index contributed by atoms with van der Waals surface area (Å²) in [5, 5.41) is 3.71. The molecule has 0 aliphatic carbocycles. The van der Waals surface area contributed by atoms with E-state index in [-0.39, 0.29) is 11.3 Å². The molecule has 3 heterocycles. The monoisotopic (exact) mass is 350 g/mol. The number of hydrogen-bond acceptors (Lipinski definition) is 4. The molecule has 3 aromatic rings. The van der Waals surface area contributed by atoms with Crippen LogP contribution in [-0.2, 0) is 6.54 Å². The summed E-state index contributed by atoms with van der Waals surface area (Å²) < 4.78 is 39.2. The smallest absolute Gasteiger partial charge is 0.328 e. The Morgan fingerprint density at radius 1 is 1.35 bits per heavy atom. The molecule has 0 amide bonds. The van der Waals surface area contributed by atoms with Gasteiger partial charge < -0.3 is 4.98 Å². The maximum Gasteiger partial charge on any atom is 0.390 e. The number of aromatic amines is 1. The van der Waals surface area contributed by atoms with Crippen molar-refractivity contribution in [3.05, 3.63) is 21.5 Å². The summed E-state index contributed by atoms with van der Waals surface area (Å²) in [6, 6.07) is 0. The van der Waals surface area contributed by atoms with Crippen LogP contribution >= 0.6 is 15.9 Å². The zero-order valence-corrected chi connectivity index (χ0v) is 11.2. The van der Waals surface area contributed by atoms with Gasteiger partial charge >= 0.3 is 11.9 Å². The quantitative estimate of drug-likeness (QED) is 0.710. The van der Waals surface area contributed by atoms with Crippen molar-refractivity contribution in [3.8, 4) is 0 Å². The van der Waals surface area contributed by atoms with Crippen molar-refractivity contribution < 1.29 is 13.2 Å². The van der Waals surface area contributed by atoms with Crippen LogP contribution in [-0.4, -0.2) is 35.3 Å². The molecule has 0 aliphatic rings. The Balaban J connectivity index is 2.26. The molecule has 0 fully saturated rings. The number of aromatic nitrogens is 6. The number of nitrogens with one attached hydrogen (secondary N) is 1. The molecule has 1 N–H and O–H groups in total. The lowest BCUT2D eigenvalue weighted by Crippen LogP contribution is -2.29. The number of halogens is 4. The fourth-order valence-electron chi connectivity index (χ4n) is 1.88. The fourth-order valence-corrected chi connectivity index (χ4v) is 2.25. The number of imidazole rings is 1. The first-order valence-electron chi connectivity index (χ1n) is 5.41. The van der Waals surface area contributed by atoms with Crippen molar-refractivity contribution >= 4 is 32.7 Å². The van der Waals surface area contributed by atoms with Crippen LogP contribution in [0, 0.1) is 0 Å². The zero-order chi connectivity index (χ0) is 14.5.